The molecule has 20 heavy (non-hydrogen) atoms. The molecule has 0 heterocycles. The second kappa shape index (κ2) is 5.88. The Kier molecular flexibility index (Phi) is 4.20. The first-order valence-electron chi connectivity index (χ1n) is 6.64. The molecule has 1 aromatic carbocycles. The molecular weight excluding hydrogens is 258 g/mol. The van der Waals surface area contributed by atoms with Crippen molar-refractivity contribution in [3.05, 3.63) is 33.9 Å². The zero-order chi connectivity index (χ0) is 14.6. The highest BCUT2D eigenvalue weighted by molar-refractivity contribution is 5.52. The molecule has 1 fully saturated rings. The van der Waals surface area contributed by atoms with Crippen LogP contribution in [0.15, 0.2) is 18.2 Å². The van der Waals surface area contributed by atoms with E-state index < -0.39 is 4.92 Å². The van der Waals surface area contributed by atoms with E-state index in [-0.39, 0.29) is 16.8 Å². The molecule has 0 radical (unpaired) electrons. The van der Waals surface area contributed by atoms with Crippen LogP contribution in [0.1, 0.15) is 37.7 Å². The van der Waals surface area contributed by atoms with E-state index in [0.717, 1.165) is 25.7 Å². The van der Waals surface area contributed by atoms with Gasteiger partial charge in [0.15, 0.2) is 0 Å². The van der Waals surface area contributed by atoms with Crippen molar-refractivity contribution in [3.8, 4) is 11.8 Å². The molecule has 6 heteroatoms. The molecule has 0 amide bonds. The average molecular weight is 275 g/mol. The second-order valence-corrected chi connectivity index (χ2v) is 5.26. The predicted octanol–water partition coefficient (Wildman–Crippen LogP) is 2.51. The lowest BCUT2D eigenvalue weighted by molar-refractivity contribution is -0.385. The summed E-state index contributed by atoms with van der Waals surface area (Å²) in [6.45, 7) is 0.343. The van der Waals surface area contributed by atoms with Crippen molar-refractivity contribution in [1.29, 1.82) is 5.26 Å². The van der Waals surface area contributed by atoms with Gasteiger partial charge in [-0.1, -0.05) is 19.3 Å². The van der Waals surface area contributed by atoms with E-state index in [4.69, 9.17) is 15.7 Å². The van der Waals surface area contributed by atoms with Crippen molar-refractivity contribution in [1.82, 2.24) is 0 Å². The number of hydrogen-bond donors (Lipinski definition) is 1. The number of hydrogen-bond acceptors (Lipinski definition) is 5. The average Bonchev–Trinajstić information content (AvgIpc) is 2.45. The summed E-state index contributed by atoms with van der Waals surface area (Å²) in [6.07, 6.45) is 5.19. The maximum Gasteiger partial charge on any atom is 0.290 e. The molecule has 2 N–H and O–H groups in total. The minimum Gasteiger partial charge on any atom is -0.491 e. The molecule has 1 saturated carbocycles. The van der Waals surface area contributed by atoms with E-state index in [1.54, 1.807) is 12.1 Å². The summed E-state index contributed by atoms with van der Waals surface area (Å²) in [4.78, 5) is 10.3. The van der Waals surface area contributed by atoms with E-state index >= 15 is 0 Å². The molecular formula is C14H17N3O3. The van der Waals surface area contributed by atoms with Crippen LogP contribution >= 0.6 is 0 Å². The van der Waals surface area contributed by atoms with Crippen LogP contribution in [0.5, 0.6) is 5.75 Å². The van der Waals surface area contributed by atoms with Gasteiger partial charge in [0.2, 0.25) is 0 Å². The highest BCUT2D eigenvalue weighted by Gasteiger charge is 2.28. The smallest absolute Gasteiger partial charge is 0.290 e. The fraction of sp³-hybridized carbons (Fsp3) is 0.500. The van der Waals surface area contributed by atoms with Crippen molar-refractivity contribution in [3.63, 3.8) is 0 Å². The van der Waals surface area contributed by atoms with Gasteiger partial charge in [0, 0.05) is 0 Å². The summed E-state index contributed by atoms with van der Waals surface area (Å²) in [7, 11) is 0. The summed E-state index contributed by atoms with van der Waals surface area (Å²) in [5.74, 6) is 0.381. The highest BCUT2D eigenvalue weighted by Crippen LogP contribution is 2.28. The van der Waals surface area contributed by atoms with Crippen LogP contribution in [-0.4, -0.2) is 17.1 Å². The third-order valence-corrected chi connectivity index (χ3v) is 3.66. The van der Waals surface area contributed by atoms with Crippen molar-refractivity contribution in [2.24, 2.45) is 5.73 Å². The molecule has 2 rings (SSSR count). The highest BCUT2D eigenvalue weighted by atomic mass is 16.6. The van der Waals surface area contributed by atoms with Gasteiger partial charge in [0.05, 0.1) is 16.5 Å². The molecule has 1 aromatic rings. The van der Waals surface area contributed by atoms with Crippen molar-refractivity contribution in [2.75, 3.05) is 6.61 Å². The first-order chi connectivity index (χ1) is 9.54. The van der Waals surface area contributed by atoms with Gasteiger partial charge in [-0.25, -0.2) is 0 Å². The minimum absolute atomic E-state index is 0.0301. The number of nitrogens with zero attached hydrogens (tertiary/aromatic N) is 2. The third-order valence-electron chi connectivity index (χ3n) is 3.66. The van der Waals surface area contributed by atoms with Crippen LogP contribution in [0.2, 0.25) is 0 Å². The van der Waals surface area contributed by atoms with Crippen LogP contribution in [0.4, 0.5) is 5.69 Å². The van der Waals surface area contributed by atoms with E-state index in [1.807, 2.05) is 0 Å². The van der Waals surface area contributed by atoms with Gasteiger partial charge in [-0.3, -0.25) is 10.1 Å². The normalized spacial score (nSPS) is 17.2. The Labute approximate surface area is 117 Å². The van der Waals surface area contributed by atoms with E-state index in [2.05, 4.69) is 0 Å². The number of nitrogens with two attached hydrogens (primary N) is 1. The zero-order valence-corrected chi connectivity index (χ0v) is 11.2. The largest absolute Gasteiger partial charge is 0.491 e. The monoisotopic (exact) mass is 275 g/mol. The minimum atomic E-state index is -0.579. The van der Waals surface area contributed by atoms with Gasteiger partial charge in [-0.2, -0.15) is 5.26 Å². The van der Waals surface area contributed by atoms with Crippen LogP contribution in [0.25, 0.3) is 0 Å². The Balaban J connectivity index is 2.08. The Hall–Kier alpha value is -2.13. The Morgan fingerprint density at radius 1 is 1.40 bits per heavy atom. The van der Waals surface area contributed by atoms with Crippen LogP contribution in [0, 0.1) is 21.4 Å². The number of ether oxygens (including phenoxy) is 1. The van der Waals surface area contributed by atoms with Gasteiger partial charge in [0.25, 0.3) is 5.69 Å². The van der Waals surface area contributed by atoms with Gasteiger partial charge in [-0.15, -0.1) is 0 Å². The molecule has 1 aliphatic carbocycles. The predicted molar refractivity (Wildman–Crippen MR) is 73.3 cm³/mol. The quantitative estimate of drug-likeness (QED) is 0.671. The summed E-state index contributed by atoms with van der Waals surface area (Å²) in [6, 6.07) is 6.05. The zero-order valence-electron chi connectivity index (χ0n) is 11.2. The lowest BCUT2D eigenvalue weighted by Crippen LogP contribution is -2.47. The Bertz CT molecular complexity index is 545. The Morgan fingerprint density at radius 2 is 2.10 bits per heavy atom. The van der Waals surface area contributed by atoms with E-state index in [1.165, 1.54) is 18.6 Å². The van der Waals surface area contributed by atoms with Crippen molar-refractivity contribution >= 4 is 5.69 Å². The molecule has 0 atom stereocenters. The lowest BCUT2D eigenvalue weighted by Gasteiger charge is -2.32. The van der Waals surface area contributed by atoms with Crippen LogP contribution in [-0.2, 0) is 0 Å². The molecule has 1 aliphatic rings. The number of benzene rings is 1. The van der Waals surface area contributed by atoms with Gasteiger partial charge in [0.1, 0.15) is 24.0 Å². The Morgan fingerprint density at radius 3 is 2.70 bits per heavy atom. The summed E-state index contributed by atoms with van der Waals surface area (Å²) in [5.41, 5.74) is 5.70. The summed E-state index contributed by atoms with van der Waals surface area (Å²) < 4.78 is 5.60. The first-order valence-corrected chi connectivity index (χ1v) is 6.64. The summed E-state index contributed by atoms with van der Waals surface area (Å²) >= 11 is 0. The lowest BCUT2D eigenvalue weighted by atomic mass is 9.83. The van der Waals surface area contributed by atoms with Crippen molar-refractivity contribution in [2.45, 2.75) is 37.6 Å². The third kappa shape index (κ3) is 3.25. The molecule has 0 aliphatic heterocycles. The molecule has 0 bridgehead atoms. The van der Waals surface area contributed by atoms with Gasteiger partial charge in [-0.05, 0) is 25.0 Å². The van der Waals surface area contributed by atoms with E-state index in [9.17, 15) is 10.1 Å². The molecule has 0 saturated heterocycles. The second-order valence-electron chi connectivity index (χ2n) is 5.26. The fourth-order valence-corrected chi connectivity index (χ4v) is 2.47. The molecule has 6 nitrogen and oxygen atoms in total. The molecule has 0 spiro atoms. The number of nitriles is 1. The molecule has 0 unspecified atom stereocenters. The molecule has 0 aromatic heterocycles. The number of nitro benzene ring substituents is 1. The number of nitro groups is 1. The standard InChI is InChI=1S/C14H17N3O3/c15-9-11-4-5-12(8-13(11)17(18)19)20-10-14(16)6-2-1-3-7-14/h4-5,8H,1-3,6-7,10,16H2. The van der Waals surface area contributed by atoms with E-state index in [0.29, 0.717) is 12.4 Å². The first kappa shape index (κ1) is 14.3. The SMILES string of the molecule is N#Cc1ccc(OCC2(N)CCCCC2)cc1[N+](=O)[O-]. The van der Waals surface area contributed by atoms with Gasteiger partial charge < -0.3 is 10.5 Å². The van der Waals surface area contributed by atoms with Gasteiger partial charge >= 0.3 is 0 Å². The maximum absolute atomic E-state index is 10.9. The summed E-state index contributed by atoms with van der Waals surface area (Å²) in [5, 5.41) is 19.7. The van der Waals surface area contributed by atoms with Crippen molar-refractivity contribution < 1.29 is 9.66 Å². The van der Waals surface area contributed by atoms with Crippen LogP contribution in [0.3, 0.4) is 0 Å². The maximum atomic E-state index is 10.9. The topological polar surface area (TPSA) is 102 Å². The van der Waals surface area contributed by atoms with Crippen LogP contribution < -0.4 is 10.5 Å². The number of rotatable bonds is 4. The molecule has 106 valence electrons. The fourth-order valence-electron chi connectivity index (χ4n) is 2.47.